The third-order valence-electron chi connectivity index (χ3n) is 5.48. The molecule has 2 aliphatic rings. The fourth-order valence-corrected chi connectivity index (χ4v) is 3.97. The van der Waals surface area contributed by atoms with Gasteiger partial charge < -0.3 is 24.8 Å². The number of halogens is 2. The number of aliphatic carboxylic acids is 1. The van der Waals surface area contributed by atoms with Crippen molar-refractivity contribution < 1.29 is 84.3 Å². The van der Waals surface area contributed by atoms with Crippen LogP contribution in [0.25, 0.3) is 16.4 Å². The Morgan fingerprint density at radius 2 is 1.74 bits per heavy atom. The summed E-state index contributed by atoms with van der Waals surface area (Å²) in [6.07, 6.45) is 0.0682. The summed E-state index contributed by atoms with van der Waals surface area (Å²) < 4.78 is 38.2. The van der Waals surface area contributed by atoms with Gasteiger partial charge in [0.2, 0.25) is 5.91 Å². The smallest absolute Gasteiger partial charge is 0.674 e. The first-order valence-electron chi connectivity index (χ1n) is 10.9. The number of carboxylic acids is 1. The molecule has 34 heavy (non-hydrogen) atoms. The van der Waals surface area contributed by atoms with E-state index < -0.39 is 41.4 Å². The number of carbonyl (C=O) groups excluding carboxylic acids is 1. The van der Waals surface area contributed by atoms with Gasteiger partial charge in [0.05, 0.1) is 19.8 Å². The zero-order chi connectivity index (χ0) is 24.2. The normalized spacial score (nSPS) is 19.1. The Balaban J connectivity index is 0.00000133. The Morgan fingerprint density at radius 3 is 2.29 bits per heavy atom. The molecule has 2 heterocycles. The molecular weight excluding hydrogens is 473 g/mol. The van der Waals surface area contributed by atoms with Crippen LogP contribution in [0.15, 0.2) is 42.5 Å². The van der Waals surface area contributed by atoms with Crippen molar-refractivity contribution in [3.05, 3.63) is 59.4 Å². The average Bonchev–Trinajstić information content (AvgIpc) is 3.42. The van der Waals surface area contributed by atoms with Crippen LogP contribution in [0.3, 0.4) is 0 Å². The van der Waals surface area contributed by atoms with Crippen LogP contribution in [0.2, 0.25) is 0 Å². The number of carbonyl (C=O) groups is 2. The Hall–Kier alpha value is -1.40. The number of hydrogen-bond donors (Lipinski definition) is 1. The zero-order valence-electron chi connectivity index (χ0n) is 19.8. The van der Waals surface area contributed by atoms with E-state index in [4.69, 9.17) is 9.47 Å². The van der Waals surface area contributed by atoms with Gasteiger partial charge in [-0.2, -0.15) is 0 Å². The van der Waals surface area contributed by atoms with Gasteiger partial charge in [0, 0.05) is 18.1 Å². The van der Waals surface area contributed by atoms with Crippen LogP contribution >= 0.6 is 0 Å². The molecule has 0 aromatic heterocycles. The second-order valence-corrected chi connectivity index (χ2v) is 7.61. The van der Waals surface area contributed by atoms with Gasteiger partial charge in [0.25, 0.3) is 0 Å². The van der Waals surface area contributed by atoms with Crippen LogP contribution in [0.5, 0.6) is 0 Å². The average molecular weight is 501 g/mol. The maximum absolute atomic E-state index is 14.0. The first kappa shape index (κ1) is 28.8. The van der Waals surface area contributed by atoms with Gasteiger partial charge in [-0.15, -0.1) is 5.69 Å². The van der Waals surface area contributed by atoms with E-state index in [1.807, 2.05) is 13.8 Å². The molecule has 2 aromatic carbocycles. The number of carboxylic acid groups (broad SMARTS) is 1. The third-order valence-corrected chi connectivity index (χ3v) is 5.48. The van der Waals surface area contributed by atoms with E-state index in [1.54, 1.807) is 31.2 Å². The molecule has 7 nitrogen and oxygen atoms in total. The number of ether oxygens (including phenoxy) is 2. The number of hydrogen-bond acceptors (Lipinski definition) is 4. The van der Waals surface area contributed by atoms with Crippen molar-refractivity contribution in [1.29, 1.82) is 0 Å². The largest absolute Gasteiger partial charge is 1.00 e. The number of likely N-dealkylation sites (tertiary alicyclic amines) is 1. The molecule has 0 aliphatic carbocycles. The van der Waals surface area contributed by atoms with E-state index in [9.17, 15) is 23.5 Å². The van der Waals surface area contributed by atoms with Gasteiger partial charge in [0.1, 0.15) is 17.7 Å². The van der Waals surface area contributed by atoms with Gasteiger partial charge in [-0.25, -0.2) is 13.6 Å². The van der Waals surface area contributed by atoms with E-state index in [0.717, 1.165) is 6.07 Å². The molecule has 2 aromatic rings. The molecule has 1 spiro atoms. The van der Waals surface area contributed by atoms with Gasteiger partial charge in [0.15, 0.2) is 5.79 Å². The molecule has 4 rings (SSSR count). The minimum Gasteiger partial charge on any atom is -0.674 e. The topological polar surface area (TPSA) is 90.2 Å². The fraction of sp³-hybridized carbons (Fsp3) is 0.417. The molecule has 0 saturated carbocycles. The first-order valence-corrected chi connectivity index (χ1v) is 10.9. The second kappa shape index (κ2) is 12.5. The predicted octanol–water partition coefficient (Wildman–Crippen LogP) is 1.48. The van der Waals surface area contributed by atoms with Crippen LogP contribution in [0, 0.1) is 11.6 Å². The molecular formula is C24H27F2KN2O5. The van der Waals surface area contributed by atoms with Crippen LogP contribution < -0.4 is 51.4 Å². The fourth-order valence-electron chi connectivity index (χ4n) is 3.97. The van der Waals surface area contributed by atoms with Gasteiger partial charge in [-0.05, 0) is 23.7 Å². The van der Waals surface area contributed by atoms with Crippen molar-refractivity contribution in [3.63, 3.8) is 0 Å². The van der Waals surface area contributed by atoms with Gasteiger partial charge >= 0.3 is 57.4 Å². The van der Waals surface area contributed by atoms with E-state index in [0.29, 0.717) is 24.5 Å². The number of rotatable bonds is 5. The third kappa shape index (κ3) is 6.42. The summed E-state index contributed by atoms with van der Waals surface area (Å²) in [5.41, 5.74) is 1.26. The summed E-state index contributed by atoms with van der Waals surface area (Å²) >= 11 is 0. The van der Waals surface area contributed by atoms with Crippen molar-refractivity contribution in [2.24, 2.45) is 0 Å². The van der Waals surface area contributed by atoms with Crippen molar-refractivity contribution in [2.75, 3.05) is 19.8 Å². The Kier molecular flexibility index (Phi) is 10.6. The summed E-state index contributed by atoms with van der Waals surface area (Å²) in [7, 11) is 0. The number of benzene rings is 2. The number of nitrogens with zero attached hydrogens (tertiary/aromatic N) is 2. The van der Waals surface area contributed by atoms with E-state index in [-0.39, 0.29) is 69.9 Å². The molecule has 2 fully saturated rings. The summed E-state index contributed by atoms with van der Waals surface area (Å²) in [6.45, 7) is 6.33. The molecule has 0 bridgehead atoms. The second-order valence-electron chi connectivity index (χ2n) is 7.61. The Morgan fingerprint density at radius 1 is 1.12 bits per heavy atom. The monoisotopic (exact) mass is 500 g/mol. The van der Waals surface area contributed by atoms with Crippen molar-refractivity contribution in [3.8, 4) is 11.1 Å². The van der Waals surface area contributed by atoms with E-state index in [1.165, 1.54) is 17.0 Å². The quantitative estimate of drug-likeness (QED) is 0.629. The van der Waals surface area contributed by atoms with Crippen LogP contribution in [0.1, 0.15) is 27.2 Å². The molecule has 2 aliphatic heterocycles. The van der Waals surface area contributed by atoms with Crippen molar-refractivity contribution in [1.82, 2.24) is 4.90 Å². The van der Waals surface area contributed by atoms with Gasteiger partial charge in [-0.3, -0.25) is 4.79 Å². The molecule has 2 saturated heterocycles. The summed E-state index contributed by atoms with van der Waals surface area (Å²) in [4.78, 5) is 25.9. The summed E-state index contributed by atoms with van der Waals surface area (Å²) in [6, 6.07) is 7.93. The van der Waals surface area contributed by atoms with Crippen molar-refractivity contribution >= 4 is 17.6 Å². The molecule has 10 heteroatoms. The molecule has 0 radical (unpaired) electrons. The summed E-state index contributed by atoms with van der Waals surface area (Å²) in [5, 5.41) is 13.9. The maximum Gasteiger partial charge on any atom is 1.00 e. The standard InChI is InChI=1S/C22H21F2N2O5.C2H6.K/c1-13(20(27)26-12-22(30-8-9-31-22)11-19(26)21(28)29)25-16-5-2-14(3-6-16)17-7-4-15(23)10-18(17)24;1-2;/h2-7,10,13,19H,8-9,11-12H2,1H3,(H,28,29);1-2H3;/q-1;;+1. The first-order chi connectivity index (χ1) is 15.8. The predicted molar refractivity (Wildman–Crippen MR) is 118 cm³/mol. The molecule has 2 atom stereocenters. The minimum absolute atomic E-state index is 0. The Labute approximate surface area is 240 Å². The minimum atomic E-state index is -1.12. The Bertz CT molecular complexity index is 999. The van der Waals surface area contributed by atoms with Crippen LogP contribution in [0.4, 0.5) is 14.5 Å². The van der Waals surface area contributed by atoms with Crippen molar-refractivity contribution in [2.45, 2.75) is 45.1 Å². The molecule has 2 unspecified atom stereocenters. The zero-order valence-corrected chi connectivity index (χ0v) is 22.9. The molecule has 1 N–H and O–H groups in total. The molecule has 178 valence electrons. The van der Waals surface area contributed by atoms with Gasteiger partial charge in [-0.1, -0.05) is 45.0 Å². The number of amides is 1. The SMILES string of the molecule is CC.CC([N-]c1ccc(-c2ccc(F)cc2F)cc1)C(=O)N1CC2(CC1C(=O)O)OCCO2.[K+]. The van der Waals surface area contributed by atoms with Crippen LogP contribution in [-0.2, 0) is 19.1 Å². The van der Waals surface area contributed by atoms with Crippen LogP contribution in [-0.4, -0.2) is 59.5 Å². The van der Waals surface area contributed by atoms with E-state index in [2.05, 4.69) is 5.32 Å². The maximum atomic E-state index is 14.0. The summed E-state index contributed by atoms with van der Waals surface area (Å²) in [5.74, 6) is -3.97. The van der Waals surface area contributed by atoms with E-state index >= 15 is 0 Å². The molecule has 1 amide bonds.